The zero-order valence-corrected chi connectivity index (χ0v) is 17.3. The van der Waals surface area contributed by atoms with Crippen molar-refractivity contribution in [1.29, 1.82) is 0 Å². The summed E-state index contributed by atoms with van der Waals surface area (Å²) < 4.78 is 0. The third kappa shape index (κ3) is 4.27. The van der Waals surface area contributed by atoms with Gasteiger partial charge < -0.3 is 16.0 Å². The molecule has 1 fully saturated rings. The van der Waals surface area contributed by atoms with E-state index in [-0.39, 0.29) is 5.91 Å². The molecule has 3 N–H and O–H groups in total. The minimum Gasteiger partial charge on any atom is -0.370 e. The molecule has 5 nitrogen and oxygen atoms in total. The smallest absolute Gasteiger partial charge is 0.275 e. The number of carbonyl (C=O) groups excluding carboxylic acids is 1. The van der Waals surface area contributed by atoms with E-state index in [4.69, 9.17) is 5.73 Å². The van der Waals surface area contributed by atoms with Gasteiger partial charge in [-0.25, -0.2) is 4.98 Å². The number of para-hydroxylation sites is 2. The topological polar surface area (TPSA) is 71.2 Å². The fourth-order valence-corrected chi connectivity index (χ4v) is 5.30. The summed E-state index contributed by atoms with van der Waals surface area (Å²) in [5.74, 6) is 0.455. The van der Waals surface area contributed by atoms with Crippen LogP contribution >= 0.6 is 22.7 Å². The highest BCUT2D eigenvalue weighted by atomic mass is 32.1. The maximum absolute atomic E-state index is 12.8. The molecule has 7 heteroatoms. The summed E-state index contributed by atoms with van der Waals surface area (Å²) in [4.78, 5) is 20.8. The molecule has 1 aromatic carbocycles. The van der Waals surface area contributed by atoms with Gasteiger partial charge in [0.15, 0.2) is 0 Å². The molecule has 0 bridgehead atoms. The third-order valence-corrected chi connectivity index (χ3v) is 6.94. The Hall–Kier alpha value is -2.22. The second-order valence-corrected chi connectivity index (χ2v) is 8.82. The summed E-state index contributed by atoms with van der Waals surface area (Å²) in [5, 5.41) is 7.80. The predicted molar refractivity (Wildman–Crippen MR) is 118 cm³/mol. The van der Waals surface area contributed by atoms with E-state index in [1.807, 2.05) is 41.1 Å². The van der Waals surface area contributed by atoms with Crippen LogP contribution in [0.3, 0.4) is 0 Å². The zero-order valence-electron chi connectivity index (χ0n) is 15.6. The van der Waals surface area contributed by atoms with Gasteiger partial charge in [-0.05, 0) is 55.3 Å². The van der Waals surface area contributed by atoms with E-state index in [0.717, 1.165) is 53.7 Å². The summed E-state index contributed by atoms with van der Waals surface area (Å²) in [6.07, 6.45) is 3.44. The summed E-state index contributed by atoms with van der Waals surface area (Å²) in [6, 6.07) is 12.0. The molecule has 1 atom stereocenters. The van der Waals surface area contributed by atoms with Crippen molar-refractivity contribution in [3.8, 4) is 9.88 Å². The van der Waals surface area contributed by atoms with E-state index in [1.165, 1.54) is 17.8 Å². The highest BCUT2D eigenvalue weighted by molar-refractivity contribution is 7.20. The van der Waals surface area contributed by atoms with Crippen LogP contribution in [0.5, 0.6) is 0 Å². The van der Waals surface area contributed by atoms with Crippen molar-refractivity contribution in [3.63, 3.8) is 0 Å². The SMILES string of the molecule is NCCC1CCCN(c2ccccc2NC(=O)c2csc(-c3cccs3)n2)C1. The number of benzene rings is 1. The number of carbonyl (C=O) groups is 1. The summed E-state index contributed by atoms with van der Waals surface area (Å²) in [6.45, 7) is 2.73. The van der Waals surface area contributed by atoms with Gasteiger partial charge in [-0.1, -0.05) is 18.2 Å². The van der Waals surface area contributed by atoms with E-state index in [0.29, 0.717) is 11.6 Å². The Kier molecular flexibility index (Phi) is 6.04. The molecule has 3 aromatic rings. The maximum Gasteiger partial charge on any atom is 0.275 e. The number of anilines is 2. The number of piperidine rings is 1. The third-order valence-electron chi connectivity index (χ3n) is 5.06. The van der Waals surface area contributed by atoms with Crippen molar-refractivity contribution in [2.24, 2.45) is 11.7 Å². The lowest BCUT2D eigenvalue weighted by molar-refractivity contribution is 0.102. The fraction of sp³-hybridized carbons (Fsp3) is 0.333. The van der Waals surface area contributed by atoms with Crippen LogP contribution in [0.15, 0.2) is 47.2 Å². The summed E-state index contributed by atoms with van der Waals surface area (Å²) in [5.41, 5.74) is 8.14. The molecule has 0 saturated carbocycles. The number of thiazole rings is 1. The first kappa shape index (κ1) is 19.1. The quantitative estimate of drug-likeness (QED) is 0.616. The molecular formula is C21H24N4OS2. The summed E-state index contributed by atoms with van der Waals surface area (Å²) in [7, 11) is 0. The first-order valence-corrected chi connectivity index (χ1v) is 11.4. The van der Waals surface area contributed by atoms with Crippen molar-refractivity contribution in [2.45, 2.75) is 19.3 Å². The second-order valence-electron chi connectivity index (χ2n) is 7.02. The number of nitrogens with two attached hydrogens (primary N) is 1. The largest absolute Gasteiger partial charge is 0.370 e. The molecule has 2 aromatic heterocycles. The average molecular weight is 413 g/mol. The Morgan fingerprint density at radius 3 is 2.96 bits per heavy atom. The molecule has 1 aliphatic heterocycles. The lowest BCUT2D eigenvalue weighted by atomic mass is 9.94. The predicted octanol–water partition coefficient (Wildman–Crippen LogP) is 4.69. The maximum atomic E-state index is 12.8. The highest BCUT2D eigenvalue weighted by Crippen LogP contribution is 2.32. The van der Waals surface area contributed by atoms with E-state index in [2.05, 4.69) is 21.3 Å². The van der Waals surface area contributed by atoms with Crippen LogP contribution in [0.4, 0.5) is 11.4 Å². The van der Waals surface area contributed by atoms with E-state index in [1.54, 1.807) is 11.3 Å². The number of hydrogen-bond donors (Lipinski definition) is 2. The molecule has 28 heavy (non-hydrogen) atoms. The minimum atomic E-state index is -0.165. The van der Waals surface area contributed by atoms with Crippen molar-refractivity contribution >= 4 is 40.0 Å². The van der Waals surface area contributed by atoms with Gasteiger partial charge in [-0.2, -0.15) is 0 Å². The molecular weight excluding hydrogens is 388 g/mol. The van der Waals surface area contributed by atoms with Gasteiger partial charge >= 0.3 is 0 Å². The Bertz CT molecular complexity index is 920. The second kappa shape index (κ2) is 8.86. The van der Waals surface area contributed by atoms with Gasteiger partial charge in [0.2, 0.25) is 0 Å². The van der Waals surface area contributed by atoms with Crippen molar-refractivity contribution in [3.05, 3.63) is 52.9 Å². The first-order valence-electron chi connectivity index (χ1n) is 9.59. The molecule has 1 saturated heterocycles. The van der Waals surface area contributed by atoms with Crippen LogP contribution in [0.2, 0.25) is 0 Å². The van der Waals surface area contributed by atoms with Gasteiger partial charge in [0.05, 0.1) is 16.3 Å². The number of thiophene rings is 1. The van der Waals surface area contributed by atoms with E-state index >= 15 is 0 Å². The Balaban J connectivity index is 1.50. The zero-order chi connectivity index (χ0) is 19.3. The monoisotopic (exact) mass is 412 g/mol. The minimum absolute atomic E-state index is 0.165. The highest BCUT2D eigenvalue weighted by Gasteiger charge is 2.22. The van der Waals surface area contributed by atoms with Gasteiger partial charge in [-0.3, -0.25) is 4.79 Å². The van der Waals surface area contributed by atoms with Crippen molar-refractivity contribution in [2.75, 3.05) is 29.9 Å². The van der Waals surface area contributed by atoms with Crippen LogP contribution < -0.4 is 16.0 Å². The molecule has 0 radical (unpaired) electrons. The fourth-order valence-electron chi connectivity index (χ4n) is 3.69. The molecule has 146 valence electrons. The van der Waals surface area contributed by atoms with E-state index < -0.39 is 0 Å². The first-order chi connectivity index (χ1) is 13.7. The van der Waals surface area contributed by atoms with Gasteiger partial charge in [0.1, 0.15) is 10.7 Å². The summed E-state index contributed by atoms with van der Waals surface area (Å²) >= 11 is 3.13. The number of nitrogens with one attached hydrogen (secondary N) is 1. The molecule has 1 amide bonds. The number of hydrogen-bond acceptors (Lipinski definition) is 6. The Labute approximate surface area is 173 Å². The molecule has 3 heterocycles. The normalized spacial score (nSPS) is 16.9. The van der Waals surface area contributed by atoms with Crippen molar-refractivity contribution in [1.82, 2.24) is 4.98 Å². The molecule has 0 aliphatic carbocycles. The van der Waals surface area contributed by atoms with Crippen LogP contribution in [-0.4, -0.2) is 30.5 Å². The van der Waals surface area contributed by atoms with Crippen LogP contribution in [-0.2, 0) is 0 Å². The van der Waals surface area contributed by atoms with Crippen LogP contribution in [0.1, 0.15) is 29.8 Å². The molecule has 1 unspecified atom stereocenters. The standard InChI is InChI=1S/C21H24N4OS2/c22-10-9-15-5-3-11-25(13-15)18-7-2-1-6-16(18)23-20(26)17-14-28-21(24-17)19-8-4-12-27-19/h1-2,4,6-8,12,14-15H,3,5,9-11,13,22H2,(H,23,26). The lowest BCUT2D eigenvalue weighted by Gasteiger charge is -2.35. The number of aromatic nitrogens is 1. The van der Waals surface area contributed by atoms with Gasteiger partial charge in [0.25, 0.3) is 5.91 Å². The average Bonchev–Trinajstić information content (AvgIpc) is 3.41. The van der Waals surface area contributed by atoms with Gasteiger partial charge in [-0.15, -0.1) is 22.7 Å². The van der Waals surface area contributed by atoms with Gasteiger partial charge in [0, 0.05) is 18.5 Å². The lowest BCUT2D eigenvalue weighted by Crippen LogP contribution is -2.36. The van der Waals surface area contributed by atoms with E-state index in [9.17, 15) is 4.79 Å². The van der Waals surface area contributed by atoms with Crippen LogP contribution in [0.25, 0.3) is 9.88 Å². The van der Waals surface area contributed by atoms with Crippen molar-refractivity contribution < 1.29 is 4.79 Å². The number of nitrogens with zero attached hydrogens (tertiary/aromatic N) is 2. The molecule has 1 aliphatic rings. The number of rotatable bonds is 6. The van der Waals surface area contributed by atoms with Crippen LogP contribution in [0, 0.1) is 5.92 Å². The number of amides is 1. The molecule has 4 rings (SSSR count). The molecule has 0 spiro atoms. The Morgan fingerprint density at radius 2 is 2.14 bits per heavy atom. The Morgan fingerprint density at radius 1 is 1.25 bits per heavy atom.